The molecule has 0 heterocycles. The first-order valence-electron chi connectivity index (χ1n) is 11.7. The molecule has 0 amide bonds. The van der Waals surface area contributed by atoms with Crippen LogP contribution >= 0.6 is 0 Å². The van der Waals surface area contributed by atoms with Crippen LogP contribution < -0.4 is 24.8 Å². The summed E-state index contributed by atoms with van der Waals surface area (Å²) >= 11 is 0. The number of hydrogen-bond donors (Lipinski definition) is 0. The molecular weight excluding hydrogens is 546 g/mol. The molecule has 0 bridgehead atoms. The Kier molecular flexibility index (Phi) is 10.6. The summed E-state index contributed by atoms with van der Waals surface area (Å²) in [5.41, 5.74) is 5.96. The van der Waals surface area contributed by atoms with Gasteiger partial charge in [-0.1, -0.05) is 96.8 Å². The molecule has 0 radical (unpaired) electrons. The number of halogens is 2. The van der Waals surface area contributed by atoms with Gasteiger partial charge in [0.1, 0.15) is 0 Å². The molecule has 182 valence electrons. The third-order valence-corrected chi connectivity index (χ3v) is 6.69. The normalized spacial score (nSPS) is 11.3. The largest absolute Gasteiger partial charge is 4.00 e. The summed E-state index contributed by atoms with van der Waals surface area (Å²) in [5.74, 6) is 0. The van der Waals surface area contributed by atoms with Crippen LogP contribution in [-0.2, 0) is 37.0 Å². The van der Waals surface area contributed by atoms with Crippen molar-refractivity contribution >= 4 is 32.3 Å². The van der Waals surface area contributed by atoms with Gasteiger partial charge in [-0.3, -0.25) is 0 Å². The molecule has 5 aromatic rings. The van der Waals surface area contributed by atoms with Crippen LogP contribution in [0.4, 0.5) is 0 Å². The predicted molar refractivity (Wildman–Crippen MR) is 143 cm³/mol. The summed E-state index contributed by atoms with van der Waals surface area (Å²) < 4.78 is 0. The third kappa shape index (κ3) is 6.68. The van der Waals surface area contributed by atoms with Crippen molar-refractivity contribution in [3.8, 4) is 0 Å². The van der Waals surface area contributed by atoms with E-state index in [2.05, 4.69) is 128 Å². The average Bonchev–Trinajstić information content (AvgIpc) is 3.27. The second kappa shape index (κ2) is 11.8. The maximum atomic E-state index is 2.35. The molecule has 0 aliphatic rings. The van der Waals surface area contributed by atoms with Crippen LogP contribution in [0.1, 0.15) is 63.8 Å². The number of hydrogen-bond acceptors (Lipinski definition) is 0. The van der Waals surface area contributed by atoms with E-state index >= 15 is 0 Å². The first-order chi connectivity index (χ1) is 14.9. The Morgan fingerprint density at radius 1 is 0.600 bits per heavy atom. The molecule has 0 aliphatic heterocycles. The van der Waals surface area contributed by atoms with E-state index in [1.165, 1.54) is 54.6 Å². The van der Waals surface area contributed by atoms with Crippen molar-refractivity contribution in [1.29, 1.82) is 0 Å². The zero-order chi connectivity index (χ0) is 23.3. The molecule has 0 atom stereocenters. The van der Waals surface area contributed by atoms with E-state index < -0.39 is 0 Å². The van der Waals surface area contributed by atoms with E-state index in [1.807, 2.05) is 0 Å². The quantitative estimate of drug-likeness (QED) is 0.246. The molecule has 5 aromatic carbocycles. The van der Waals surface area contributed by atoms with Crippen molar-refractivity contribution in [2.45, 2.75) is 66.2 Å². The Hall–Kier alpha value is -1.40. The zero-order valence-electron chi connectivity index (χ0n) is 22.2. The van der Waals surface area contributed by atoms with E-state index in [-0.39, 0.29) is 61.8 Å². The van der Waals surface area contributed by atoms with Crippen molar-refractivity contribution in [2.75, 3.05) is 0 Å². The number of aryl methyl sites for hydroxylation is 2. The van der Waals surface area contributed by atoms with E-state index in [1.54, 1.807) is 0 Å². The summed E-state index contributed by atoms with van der Waals surface area (Å²) in [4.78, 5) is 0. The molecule has 0 nitrogen and oxygen atoms in total. The van der Waals surface area contributed by atoms with Gasteiger partial charge in [0.2, 0.25) is 0 Å². The molecule has 5 rings (SSSR count). The Morgan fingerprint density at radius 3 is 1.51 bits per heavy atom. The third-order valence-electron chi connectivity index (χ3n) is 6.69. The van der Waals surface area contributed by atoms with Crippen molar-refractivity contribution in [3.63, 3.8) is 0 Å². The molecule has 0 fully saturated rings. The number of benzene rings is 3. The van der Waals surface area contributed by atoms with Gasteiger partial charge < -0.3 is 24.8 Å². The van der Waals surface area contributed by atoms with Gasteiger partial charge in [0.25, 0.3) is 0 Å². The minimum absolute atomic E-state index is 0. The topological polar surface area (TPSA) is 0 Å². The molecule has 0 saturated heterocycles. The van der Waals surface area contributed by atoms with Crippen molar-refractivity contribution < 1.29 is 51.0 Å². The van der Waals surface area contributed by atoms with E-state index in [0.29, 0.717) is 0 Å². The smallest absolute Gasteiger partial charge is 1.00 e. The zero-order valence-corrected chi connectivity index (χ0v) is 26.2. The molecule has 0 N–H and O–H groups in total. The first-order valence-corrected chi connectivity index (χ1v) is 11.7. The molecular formula is C32H36Cl2Zr. The SMILES string of the molecule is CC(C)(C)c1ccc2c(c1)[cH-]c1cc(C(C)(C)C)ccc12.Cc1c[cH-]c2c(C)cccc12.[Cl-].[Cl-].[Zr+4]. The molecule has 0 unspecified atom stereocenters. The Labute approximate surface area is 243 Å². The number of fused-ring (bicyclic) bond motifs is 4. The van der Waals surface area contributed by atoms with E-state index in [4.69, 9.17) is 0 Å². The van der Waals surface area contributed by atoms with Crippen LogP contribution in [-0.4, -0.2) is 0 Å². The number of rotatable bonds is 0. The van der Waals surface area contributed by atoms with Gasteiger partial charge in [-0.25, -0.2) is 0 Å². The maximum Gasteiger partial charge on any atom is 4.00 e. The van der Waals surface area contributed by atoms with Gasteiger partial charge >= 0.3 is 26.2 Å². The first kappa shape index (κ1) is 31.6. The minimum atomic E-state index is 0. The Bertz CT molecular complexity index is 1340. The van der Waals surface area contributed by atoms with Crippen LogP contribution in [0.25, 0.3) is 32.3 Å². The molecule has 0 spiro atoms. The van der Waals surface area contributed by atoms with Crippen LogP contribution in [0.15, 0.2) is 72.8 Å². The average molecular weight is 583 g/mol. The fourth-order valence-electron chi connectivity index (χ4n) is 4.50. The summed E-state index contributed by atoms with van der Waals surface area (Å²) in [6.45, 7) is 17.9. The summed E-state index contributed by atoms with van der Waals surface area (Å²) in [6.07, 6.45) is 0. The van der Waals surface area contributed by atoms with E-state index in [9.17, 15) is 0 Å². The van der Waals surface area contributed by atoms with Crippen LogP contribution in [0.2, 0.25) is 0 Å². The standard InChI is InChI=1S/C21H25.C11H11.2ClH.Zr/c1-20(2,3)16-7-9-18-14(12-16)11-15-13-17(21(4,5)6)8-10-19(15)18;1-8-4-3-5-10-9(2)6-7-11(8)10;;;/h7-13H,1-6H3;3-7H,1-2H3;2*1H;/q2*-1;;;+4/p-2. The van der Waals surface area contributed by atoms with Crippen molar-refractivity contribution in [1.82, 2.24) is 0 Å². The van der Waals surface area contributed by atoms with Crippen LogP contribution in [0.5, 0.6) is 0 Å². The van der Waals surface area contributed by atoms with Crippen molar-refractivity contribution in [2.24, 2.45) is 0 Å². The van der Waals surface area contributed by atoms with Gasteiger partial charge in [0, 0.05) is 0 Å². The molecule has 35 heavy (non-hydrogen) atoms. The second-order valence-electron chi connectivity index (χ2n) is 11.3. The van der Waals surface area contributed by atoms with Gasteiger partial charge in [-0.15, -0.1) is 74.3 Å². The van der Waals surface area contributed by atoms with E-state index in [0.717, 1.165) is 0 Å². The summed E-state index contributed by atoms with van der Waals surface area (Å²) in [6, 6.07) is 27.0. The predicted octanol–water partition coefficient (Wildman–Crippen LogP) is 3.49. The minimum Gasteiger partial charge on any atom is -1.00 e. The second-order valence-corrected chi connectivity index (χ2v) is 11.3. The van der Waals surface area contributed by atoms with Crippen molar-refractivity contribution in [3.05, 3.63) is 95.1 Å². The fourth-order valence-corrected chi connectivity index (χ4v) is 4.50. The molecule has 3 heteroatoms. The maximum absolute atomic E-state index is 2.35. The molecule has 0 aliphatic carbocycles. The molecule has 0 aromatic heterocycles. The fraction of sp³-hybridized carbons (Fsp3) is 0.312. The summed E-state index contributed by atoms with van der Waals surface area (Å²) in [7, 11) is 0. The van der Waals surface area contributed by atoms with Gasteiger partial charge in [0.05, 0.1) is 0 Å². The Balaban J connectivity index is 0.000000375. The van der Waals surface area contributed by atoms with Gasteiger partial charge in [-0.2, -0.15) is 11.6 Å². The Morgan fingerprint density at radius 2 is 1.09 bits per heavy atom. The molecule has 0 saturated carbocycles. The van der Waals surface area contributed by atoms with Crippen LogP contribution in [0.3, 0.4) is 0 Å². The van der Waals surface area contributed by atoms with Gasteiger partial charge in [0.15, 0.2) is 0 Å². The monoisotopic (exact) mass is 580 g/mol. The van der Waals surface area contributed by atoms with Gasteiger partial charge in [-0.05, 0) is 10.8 Å². The van der Waals surface area contributed by atoms with Crippen LogP contribution in [0, 0.1) is 13.8 Å². The summed E-state index contributed by atoms with van der Waals surface area (Å²) in [5, 5.41) is 8.26.